The number of nitrogens with two attached hydrogens (primary N) is 1. The van der Waals surface area contributed by atoms with Crippen LogP contribution in [0.5, 0.6) is 0 Å². The van der Waals surface area contributed by atoms with Crippen molar-refractivity contribution in [3.05, 3.63) is 28.6 Å². The lowest BCUT2D eigenvalue weighted by Gasteiger charge is -2.18. The summed E-state index contributed by atoms with van der Waals surface area (Å²) in [4.78, 5) is 0. The van der Waals surface area contributed by atoms with E-state index in [1.165, 1.54) is 11.1 Å². The molecule has 1 saturated heterocycles. The molecule has 1 atom stereocenters. The van der Waals surface area contributed by atoms with Crippen molar-refractivity contribution >= 4 is 5.69 Å². The second-order valence-electron chi connectivity index (χ2n) is 4.83. The minimum absolute atomic E-state index is 0.232. The van der Waals surface area contributed by atoms with Crippen molar-refractivity contribution in [2.45, 2.75) is 38.1 Å². The fraction of sp³-hybridized carbons (Fsp3) is 0.538. The Kier molecular flexibility index (Phi) is 2.36. The third-order valence-electron chi connectivity index (χ3n) is 3.84. The van der Waals surface area contributed by atoms with Gasteiger partial charge in [0.15, 0.2) is 0 Å². The van der Waals surface area contributed by atoms with Crippen LogP contribution in [0.4, 0.5) is 10.1 Å². The van der Waals surface area contributed by atoms with E-state index in [1.807, 2.05) is 0 Å². The van der Waals surface area contributed by atoms with Crippen molar-refractivity contribution in [3.63, 3.8) is 0 Å². The molecule has 0 unspecified atom stereocenters. The summed E-state index contributed by atoms with van der Waals surface area (Å²) in [6, 6.07) is 1.92. The van der Waals surface area contributed by atoms with Crippen LogP contribution in [-0.4, -0.2) is 6.54 Å². The Labute approximate surface area is 95.0 Å². The molecule has 2 aliphatic rings. The molecule has 0 saturated carbocycles. The molecular formula is C13H17FN2. The van der Waals surface area contributed by atoms with Gasteiger partial charge in [-0.2, -0.15) is 0 Å². The normalized spacial score (nSPS) is 23.7. The monoisotopic (exact) mass is 220 g/mol. The predicted octanol–water partition coefficient (Wildman–Crippen LogP) is 2.32. The van der Waals surface area contributed by atoms with Crippen LogP contribution in [0.3, 0.4) is 0 Å². The zero-order chi connectivity index (χ0) is 11.1. The highest BCUT2D eigenvalue weighted by Gasteiger charge is 2.27. The van der Waals surface area contributed by atoms with E-state index in [1.54, 1.807) is 6.07 Å². The second-order valence-corrected chi connectivity index (χ2v) is 4.83. The second kappa shape index (κ2) is 3.74. The molecule has 3 N–H and O–H groups in total. The Bertz CT molecular complexity index is 422. The number of benzene rings is 1. The SMILES string of the molecule is Nc1c(F)cc2c(c1[C@H]1CCCN1)CCC2. The number of aryl methyl sites for hydroxylation is 1. The molecule has 3 rings (SSSR count). The summed E-state index contributed by atoms with van der Waals surface area (Å²) >= 11 is 0. The smallest absolute Gasteiger partial charge is 0.146 e. The standard InChI is InChI=1S/C13H17FN2/c14-10-7-8-3-1-4-9(8)12(13(10)15)11-5-2-6-16-11/h7,11,16H,1-6,15H2/t11-/m1/s1. The topological polar surface area (TPSA) is 38.0 Å². The van der Waals surface area contributed by atoms with E-state index in [2.05, 4.69) is 5.32 Å². The van der Waals surface area contributed by atoms with Crippen molar-refractivity contribution in [2.24, 2.45) is 0 Å². The molecule has 86 valence electrons. The van der Waals surface area contributed by atoms with Crippen LogP contribution < -0.4 is 11.1 Å². The maximum absolute atomic E-state index is 13.7. The van der Waals surface area contributed by atoms with Crippen LogP contribution in [-0.2, 0) is 12.8 Å². The summed E-state index contributed by atoms with van der Waals surface area (Å²) < 4.78 is 13.7. The molecule has 2 nitrogen and oxygen atoms in total. The molecule has 0 radical (unpaired) electrons. The van der Waals surface area contributed by atoms with Crippen molar-refractivity contribution < 1.29 is 4.39 Å². The molecule has 0 bridgehead atoms. The average molecular weight is 220 g/mol. The fourth-order valence-electron chi connectivity index (χ4n) is 3.08. The first-order chi connectivity index (χ1) is 7.77. The number of rotatable bonds is 1. The van der Waals surface area contributed by atoms with Gasteiger partial charge < -0.3 is 11.1 Å². The van der Waals surface area contributed by atoms with Gasteiger partial charge in [0.1, 0.15) is 5.82 Å². The van der Waals surface area contributed by atoms with Gasteiger partial charge in [0, 0.05) is 6.04 Å². The Morgan fingerprint density at radius 1 is 1.31 bits per heavy atom. The van der Waals surface area contributed by atoms with Gasteiger partial charge in [-0.25, -0.2) is 4.39 Å². The zero-order valence-electron chi connectivity index (χ0n) is 9.35. The molecule has 0 spiro atoms. The quantitative estimate of drug-likeness (QED) is 0.713. The number of halogens is 1. The van der Waals surface area contributed by atoms with E-state index in [0.29, 0.717) is 5.69 Å². The number of hydrogen-bond acceptors (Lipinski definition) is 2. The molecule has 1 aliphatic heterocycles. The maximum atomic E-state index is 13.7. The van der Waals surface area contributed by atoms with Crippen LogP contribution in [0.2, 0.25) is 0 Å². The van der Waals surface area contributed by atoms with E-state index in [0.717, 1.165) is 44.2 Å². The van der Waals surface area contributed by atoms with Gasteiger partial charge >= 0.3 is 0 Å². The Balaban J connectivity index is 2.14. The van der Waals surface area contributed by atoms with E-state index in [-0.39, 0.29) is 11.9 Å². The van der Waals surface area contributed by atoms with E-state index < -0.39 is 0 Å². The summed E-state index contributed by atoms with van der Waals surface area (Å²) in [6.45, 7) is 1.02. The van der Waals surface area contributed by atoms with Gasteiger partial charge in [0.2, 0.25) is 0 Å². The minimum Gasteiger partial charge on any atom is -0.396 e. The molecule has 1 fully saturated rings. The number of fused-ring (bicyclic) bond motifs is 1. The molecule has 3 heteroatoms. The fourth-order valence-corrected chi connectivity index (χ4v) is 3.08. The van der Waals surface area contributed by atoms with Crippen LogP contribution in [0.25, 0.3) is 0 Å². The third kappa shape index (κ3) is 1.42. The number of nitrogen functional groups attached to an aromatic ring is 1. The first-order valence-electron chi connectivity index (χ1n) is 6.10. The van der Waals surface area contributed by atoms with Gasteiger partial charge in [-0.05, 0) is 61.4 Å². The summed E-state index contributed by atoms with van der Waals surface area (Å²) in [6.07, 6.45) is 5.45. The maximum Gasteiger partial charge on any atom is 0.146 e. The summed E-state index contributed by atoms with van der Waals surface area (Å²) in [5, 5.41) is 3.42. The van der Waals surface area contributed by atoms with Gasteiger partial charge in [0.05, 0.1) is 5.69 Å². The largest absolute Gasteiger partial charge is 0.396 e. The molecule has 0 aromatic heterocycles. The van der Waals surface area contributed by atoms with Gasteiger partial charge in [0.25, 0.3) is 0 Å². The molecular weight excluding hydrogens is 203 g/mol. The van der Waals surface area contributed by atoms with Crippen LogP contribution >= 0.6 is 0 Å². The highest BCUT2D eigenvalue weighted by molar-refractivity contribution is 5.58. The van der Waals surface area contributed by atoms with Crippen LogP contribution in [0.15, 0.2) is 6.07 Å². The molecule has 16 heavy (non-hydrogen) atoms. The first kappa shape index (κ1) is 10.1. The Morgan fingerprint density at radius 2 is 2.19 bits per heavy atom. The molecule has 1 aliphatic carbocycles. The van der Waals surface area contributed by atoms with Gasteiger partial charge in [-0.1, -0.05) is 0 Å². The van der Waals surface area contributed by atoms with Crippen molar-refractivity contribution in [1.29, 1.82) is 0 Å². The Morgan fingerprint density at radius 3 is 2.94 bits per heavy atom. The lowest BCUT2D eigenvalue weighted by Crippen LogP contribution is -2.17. The highest BCUT2D eigenvalue weighted by Crippen LogP contribution is 2.38. The summed E-state index contributed by atoms with van der Waals surface area (Å²) in [7, 11) is 0. The van der Waals surface area contributed by atoms with E-state index >= 15 is 0 Å². The molecule has 1 aromatic carbocycles. The van der Waals surface area contributed by atoms with Crippen molar-refractivity contribution in [2.75, 3.05) is 12.3 Å². The van der Waals surface area contributed by atoms with Crippen LogP contribution in [0.1, 0.15) is 42.0 Å². The first-order valence-corrected chi connectivity index (χ1v) is 6.10. The van der Waals surface area contributed by atoms with Crippen molar-refractivity contribution in [1.82, 2.24) is 5.32 Å². The molecule has 1 aromatic rings. The average Bonchev–Trinajstić information content (AvgIpc) is 2.89. The predicted molar refractivity (Wildman–Crippen MR) is 62.8 cm³/mol. The minimum atomic E-state index is -0.232. The highest BCUT2D eigenvalue weighted by atomic mass is 19.1. The lowest BCUT2D eigenvalue weighted by atomic mass is 9.94. The zero-order valence-corrected chi connectivity index (χ0v) is 9.35. The van der Waals surface area contributed by atoms with E-state index in [9.17, 15) is 4.39 Å². The lowest BCUT2D eigenvalue weighted by molar-refractivity contribution is 0.608. The van der Waals surface area contributed by atoms with Crippen LogP contribution in [0, 0.1) is 5.82 Å². The number of nitrogens with one attached hydrogen (secondary N) is 1. The Hall–Kier alpha value is -1.09. The summed E-state index contributed by atoms with van der Waals surface area (Å²) in [5.74, 6) is -0.232. The van der Waals surface area contributed by atoms with Gasteiger partial charge in [-0.15, -0.1) is 0 Å². The molecule has 1 heterocycles. The van der Waals surface area contributed by atoms with Crippen molar-refractivity contribution in [3.8, 4) is 0 Å². The van der Waals surface area contributed by atoms with E-state index in [4.69, 9.17) is 5.73 Å². The summed E-state index contributed by atoms with van der Waals surface area (Å²) in [5.41, 5.74) is 9.85. The number of anilines is 1. The van der Waals surface area contributed by atoms with Gasteiger partial charge in [-0.3, -0.25) is 0 Å². The third-order valence-corrected chi connectivity index (χ3v) is 3.84. The molecule has 0 amide bonds. The number of hydrogen-bond donors (Lipinski definition) is 2.